The van der Waals surface area contributed by atoms with Crippen molar-refractivity contribution in [3.05, 3.63) is 54.4 Å². The first-order chi connectivity index (χ1) is 10.1. The molecule has 110 valence electrons. The van der Waals surface area contributed by atoms with Crippen molar-refractivity contribution in [3.8, 4) is 5.75 Å². The minimum atomic E-state index is -0.170. The van der Waals surface area contributed by atoms with Crippen LogP contribution < -0.4 is 10.1 Å². The maximum Gasteiger partial charge on any atom is 0.257 e. The van der Waals surface area contributed by atoms with Crippen molar-refractivity contribution >= 4 is 11.6 Å². The van der Waals surface area contributed by atoms with Crippen LogP contribution in [0.5, 0.6) is 5.75 Å². The largest absolute Gasteiger partial charge is 0.494 e. The van der Waals surface area contributed by atoms with Crippen LogP contribution in [-0.4, -0.2) is 17.5 Å². The summed E-state index contributed by atoms with van der Waals surface area (Å²) in [6, 6.07) is 10.8. The van der Waals surface area contributed by atoms with Gasteiger partial charge in [0.15, 0.2) is 0 Å². The summed E-state index contributed by atoms with van der Waals surface area (Å²) in [4.78, 5) is 15.9. The molecule has 0 radical (unpaired) electrons. The molecule has 0 aliphatic rings. The molecule has 4 nitrogen and oxygen atoms in total. The Bertz CT molecular complexity index is 565. The van der Waals surface area contributed by atoms with Crippen molar-refractivity contribution in [1.29, 1.82) is 0 Å². The van der Waals surface area contributed by atoms with Gasteiger partial charge in [-0.3, -0.25) is 9.78 Å². The van der Waals surface area contributed by atoms with Crippen LogP contribution in [-0.2, 0) is 0 Å². The number of benzene rings is 1. The summed E-state index contributed by atoms with van der Waals surface area (Å²) in [6.45, 7) is 5.04. The number of aromatic nitrogens is 1. The second-order valence-corrected chi connectivity index (χ2v) is 5.25. The molecule has 1 aromatic heterocycles. The smallest absolute Gasteiger partial charge is 0.257 e. The number of carbonyl (C=O) groups is 1. The van der Waals surface area contributed by atoms with Crippen LogP contribution in [0.4, 0.5) is 5.69 Å². The first-order valence-corrected chi connectivity index (χ1v) is 7.09. The SMILES string of the molecule is CC(C)CCOc1ccc(NC(=O)c2cccnc2)cc1. The number of nitrogens with one attached hydrogen (secondary N) is 1. The lowest BCUT2D eigenvalue weighted by atomic mass is 10.1. The molecule has 0 fully saturated rings. The lowest BCUT2D eigenvalue weighted by Crippen LogP contribution is -2.11. The van der Waals surface area contributed by atoms with Gasteiger partial charge >= 0.3 is 0 Å². The number of anilines is 1. The third kappa shape index (κ3) is 4.91. The molecule has 1 amide bonds. The Kier molecular flexibility index (Phi) is 5.32. The second-order valence-electron chi connectivity index (χ2n) is 5.25. The zero-order valence-electron chi connectivity index (χ0n) is 12.4. The van der Waals surface area contributed by atoms with Gasteiger partial charge in [-0.1, -0.05) is 13.8 Å². The summed E-state index contributed by atoms with van der Waals surface area (Å²) in [6.07, 6.45) is 4.21. The zero-order valence-corrected chi connectivity index (χ0v) is 12.4. The maximum absolute atomic E-state index is 12.0. The molecule has 0 aliphatic carbocycles. The first-order valence-electron chi connectivity index (χ1n) is 7.09. The highest BCUT2D eigenvalue weighted by atomic mass is 16.5. The number of hydrogen-bond acceptors (Lipinski definition) is 3. The monoisotopic (exact) mass is 284 g/mol. The predicted octanol–water partition coefficient (Wildman–Crippen LogP) is 3.76. The summed E-state index contributed by atoms with van der Waals surface area (Å²) < 4.78 is 5.64. The predicted molar refractivity (Wildman–Crippen MR) is 83.6 cm³/mol. The highest BCUT2D eigenvalue weighted by Crippen LogP contribution is 2.17. The van der Waals surface area contributed by atoms with Crippen molar-refractivity contribution in [1.82, 2.24) is 4.98 Å². The summed E-state index contributed by atoms with van der Waals surface area (Å²) in [7, 11) is 0. The Morgan fingerprint density at radius 3 is 2.62 bits per heavy atom. The van der Waals surface area contributed by atoms with Crippen LogP contribution >= 0.6 is 0 Å². The average molecular weight is 284 g/mol. The van der Waals surface area contributed by atoms with E-state index in [2.05, 4.69) is 24.1 Å². The van der Waals surface area contributed by atoms with Crippen LogP contribution in [0.2, 0.25) is 0 Å². The molecule has 21 heavy (non-hydrogen) atoms. The highest BCUT2D eigenvalue weighted by Gasteiger charge is 2.05. The Morgan fingerprint density at radius 2 is 2.00 bits per heavy atom. The molecule has 0 spiro atoms. The van der Waals surface area contributed by atoms with Crippen LogP contribution in [0.3, 0.4) is 0 Å². The Balaban J connectivity index is 1.89. The van der Waals surface area contributed by atoms with Gasteiger partial charge in [0.05, 0.1) is 12.2 Å². The van der Waals surface area contributed by atoms with Gasteiger partial charge in [-0.2, -0.15) is 0 Å². The first kappa shape index (κ1) is 15.0. The molecule has 2 rings (SSSR count). The van der Waals surface area contributed by atoms with Crippen molar-refractivity contribution in [2.24, 2.45) is 5.92 Å². The third-order valence-corrected chi connectivity index (χ3v) is 3.00. The number of ether oxygens (including phenoxy) is 1. The van der Waals surface area contributed by atoms with Gasteiger partial charge in [0.2, 0.25) is 0 Å². The normalized spacial score (nSPS) is 10.4. The number of rotatable bonds is 6. The second kappa shape index (κ2) is 7.43. The molecule has 1 N–H and O–H groups in total. The van der Waals surface area contributed by atoms with Gasteiger partial charge in [0.25, 0.3) is 5.91 Å². The van der Waals surface area contributed by atoms with E-state index in [0.717, 1.165) is 17.9 Å². The molecule has 0 atom stereocenters. The molecular formula is C17H20N2O2. The van der Waals surface area contributed by atoms with E-state index in [0.29, 0.717) is 18.1 Å². The zero-order chi connectivity index (χ0) is 15.1. The Labute approximate surface area is 125 Å². The van der Waals surface area contributed by atoms with E-state index >= 15 is 0 Å². The van der Waals surface area contributed by atoms with E-state index in [1.165, 1.54) is 0 Å². The quantitative estimate of drug-likeness (QED) is 0.878. The number of amides is 1. The molecule has 2 aromatic rings. The van der Waals surface area contributed by atoms with Crippen molar-refractivity contribution < 1.29 is 9.53 Å². The van der Waals surface area contributed by atoms with Gasteiger partial charge in [0, 0.05) is 18.1 Å². The van der Waals surface area contributed by atoms with E-state index in [9.17, 15) is 4.79 Å². The van der Waals surface area contributed by atoms with Gasteiger partial charge in [0.1, 0.15) is 5.75 Å². The topological polar surface area (TPSA) is 51.2 Å². The van der Waals surface area contributed by atoms with Gasteiger partial charge in [-0.05, 0) is 48.7 Å². The van der Waals surface area contributed by atoms with E-state index < -0.39 is 0 Å². The molecular weight excluding hydrogens is 264 g/mol. The molecule has 4 heteroatoms. The lowest BCUT2D eigenvalue weighted by Gasteiger charge is -2.09. The van der Waals surface area contributed by atoms with E-state index in [1.807, 2.05) is 24.3 Å². The van der Waals surface area contributed by atoms with Crippen molar-refractivity contribution in [2.75, 3.05) is 11.9 Å². The highest BCUT2D eigenvalue weighted by molar-refractivity contribution is 6.04. The van der Waals surface area contributed by atoms with Crippen LogP contribution in [0.25, 0.3) is 0 Å². The fraction of sp³-hybridized carbons (Fsp3) is 0.294. The summed E-state index contributed by atoms with van der Waals surface area (Å²) in [5.41, 5.74) is 1.27. The third-order valence-electron chi connectivity index (χ3n) is 3.00. The molecule has 0 bridgehead atoms. The number of hydrogen-bond donors (Lipinski definition) is 1. The molecule has 1 aromatic carbocycles. The minimum Gasteiger partial charge on any atom is -0.494 e. The van der Waals surface area contributed by atoms with E-state index in [-0.39, 0.29) is 5.91 Å². The fourth-order valence-electron chi connectivity index (χ4n) is 1.75. The molecule has 1 heterocycles. The molecule has 0 saturated heterocycles. The maximum atomic E-state index is 12.0. The lowest BCUT2D eigenvalue weighted by molar-refractivity contribution is 0.102. The van der Waals surface area contributed by atoms with Crippen molar-refractivity contribution in [3.63, 3.8) is 0 Å². The molecule has 0 saturated carbocycles. The van der Waals surface area contributed by atoms with E-state index in [4.69, 9.17) is 4.74 Å². The summed E-state index contributed by atoms with van der Waals surface area (Å²) >= 11 is 0. The summed E-state index contributed by atoms with van der Waals surface area (Å²) in [5, 5.41) is 2.83. The minimum absolute atomic E-state index is 0.170. The number of carbonyl (C=O) groups excluding carboxylic acids is 1. The Hall–Kier alpha value is -2.36. The number of pyridine rings is 1. The molecule has 0 aliphatic heterocycles. The van der Waals surface area contributed by atoms with Crippen molar-refractivity contribution in [2.45, 2.75) is 20.3 Å². The van der Waals surface area contributed by atoms with Gasteiger partial charge in [-0.15, -0.1) is 0 Å². The van der Waals surface area contributed by atoms with Gasteiger partial charge < -0.3 is 10.1 Å². The Morgan fingerprint density at radius 1 is 1.24 bits per heavy atom. The van der Waals surface area contributed by atoms with Gasteiger partial charge in [-0.25, -0.2) is 0 Å². The van der Waals surface area contributed by atoms with Crippen LogP contribution in [0, 0.1) is 5.92 Å². The fourth-order valence-corrected chi connectivity index (χ4v) is 1.75. The standard InChI is InChI=1S/C17H20N2O2/c1-13(2)9-11-21-16-7-5-15(6-8-16)19-17(20)14-4-3-10-18-12-14/h3-8,10,12-13H,9,11H2,1-2H3,(H,19,20). The van der Waals surface area contributed by atoms with Crippen LogP contribution in [0.15, 0.2) is 48.8 Å². The van der Waals surface area contributed by atoms with Crippen LogP contribution in [0.1, 0.15) is 30.6 Å². The molecule has 0 unspecified atom stereocenters. The average Bonchev–Trinajstić information content (AvgIpc) is 2.49. The summed E-state index contributed by atoms with van der Waals surface area (Å²) in [5.74, 6) is 1.27. The van der Waals surface area contributed by atoms with E-state index in [1.54, 1.807) is 24.5 Å². The number of nitrogens with zero attached hydrogens (tertiary/aromatic N) is 1.